The summed E-state index contributed by atoms with van der Waals surface area (Å²) in [5.41, 5.74) is 1.69. The van der Waals surface area contributed by atoms with E-state index < -0.39 is 0 Å². The Hall–Kier alpha value is -0.380. The van der Waals surface area contributed by atoms with Crippen LogP contribution in [0.5, 0.6) is 0 Å². The van der Waals surface area contributed by atoms with Crippen molar-refractivity contribution < 1.29 is 4.74 Å². The predicted octanol–water partition coefficient (Wildman–Crippen LogP) is 3.25. The SMILES string of the molecule is Brc1ccc(C2(CC3CCCCN3)COC2)cc1. The van der Waals surface area contributed by atoms with Gasteiger partial charge in [-0.05, 0) is 43.5 Å². The van der Waals surface area contributed by atoms with Gasteiger partial charge >= 0.3 is 0 Å². The van der Waals surface area contributed by atoms with Gasteiger partial charge < -0.3 is 10.1 Å². The highest BCUT2D eigenvalue weighted by atomic mass is 79.9. The van der Waals surface area contributed by atoms with Crippen molar-refractivity contribution in [3.05, 3.63) is 34.3 Å². The van der Waals surface area contributed by atoms with E-state index in [1.807, 2.05) is 0 Å². The molecule has 2 heterocycles. The Labute approximate surface area is 117 Å². The number of rotatable bonds is 3. The monoisotopic (exact) mass is 309 g/mol. The Morgan fingerprint density at radius 2 is 2.00 bits per heavy atom. The zero-order valence-corrected chi connectivity index (χ0v) is 12.2. The largest absolute Gasteiger partial charge is 0.379 e. The molecule has 3 rings (SSSR count). The van der Waals surface area contributed by atoms with Gasteiger partial charge in [0.15, 0.2) is 0 Å². The van der Waals surface area contributed by atoms with Crippen LogP contribution >= 0.6 is 15.9 Å². The Morgan fingerprint density at radius 1 is 1.22 bits per heavy atom. The number of nitrogens with one attached hydrogen (secondary N) is 1. The number of piperidine rings is 1. The fourth-order valence-corrected chi connectivity index (χ4v) is 3.39. The third-order valence-corrected chi connectivity index (χ3v) is 4.79. The summed E-state index contributed by atoms with van der Waals surface area (Å²) >= 11 is 3.51. The highest BCUT2D eigenvalue weighted by Gasteiger charge is 2.42. The molecule has 0 saturated carbocycles. The second-order valence-electron chi connectivity index (χ2n) is 5.63. The number of benzene rings is 1. The minimum atomic E-state index is 0.260. The van der Waals surface area contributed by atoms with E-state index in [0.717, 1.165) is 17.7 Å². The first-order chi connectivity index (χ1) is 8.78. The van der Waals surface area contributed by atoms with Crippen LogP contribution in [0.1, 0.15) is 31.2 Å². The van der Waals surface area contributed by atoms with E-state index in [2.05, 4.69) is 45.5 Å². The van der Waals surface area contributed by atoms with E-state index in [0.29, 0.717) is 6.04 Å². The maximum atomic E-state index is 5.52. The van der Waals surface area contributed by atoms with Crippen LogP contribution in [0.2, 0.25) is 0 Å². The van der Waals surface area contributed by atoms with Crippen molar-refractivity contribution in [2.75, 3.05) is 19.8 Å². The van der Waals surface area contributed by atoms with Crippen molar-refractivity contribution in [2.45, 2.75) is 37.1 Å². The van der Waals surface area contributed by atoms with E-state index in [4.69, 9.17) is 4.74 Å². The van der Waals surface area contributed by atoms with Crippen LogP contribution in [-0.2, 0) is 10.2 Å². The summed E-state index contributed by atoms with van der Waals surface area (Å²) in [5.74, 6) is 0. The smallest absolute Gasteiger partial charge is 0.0586 e. The molecule has 1 aromatic rings. The molecule has 2 aliphatic rings. The first-order valence-corrected chi connectivity index (χ1v) is 7.65. The van der Waals surface area contributed by atoms with Gasteiger partial charge in [0.1, 0.15) is 0 Å². The maximum absolute atomic E-state index is 5.52. The Morgan fingerprint density at radius 3 is 2.56 bits per heavy atom. The van der Waals surface area contributed by atoms with Crippen LogP contribution in [0.15, 0.2) is 28.7 Å². The van der Waals surface area contributed by atoms with Gasteiger partial charge in [0.2, 0.25) is 0 Å². The Kier molecular flexibility index (Phi) is 3.73. The fourth-order valence-electron chi connectivity index (χ4n) is 3.12. The van der Waals surface area contributed by atoms with Gasteiger partial charge in [-0.15, -0.1) is 0 Å². The lowest BCUT2D eigenvalue weighted by Crippen LogP contribution is -2.51. The van der Waals surface area contributed by atoms with E-state index in [1.165, 1.54) is 37.8 Å². The molecule has 0 bridgehead atoms. The number of halogens is 1. The molecule has 2 saturated heterocycles. The van der Waals surface area contributed by atoms with Gasteiger partial charge in [-0.2, -0.15) is 0 Å². The van der Waals surface area contributed by atoms with Crippen LogP contribution in [0.3, 0.4) is 0 Å². The average molecular weight is 310 g/mol. The Bertz CT molecular complexity index is 393. The van der Waals surface area contributed by atoms with Crippen molar-refractivity contribution in [3.63, 3.8) is 0 Å². The standard InChI is InChI=1S/C15H20BrNO/c16-13-6-4-12(5-7-13)15(10-18-11-15)9-14-3-1-2-8-17-14/h4-7,14,17H,1-3,8-11H2. The minimum Gasteiger partial charge on any atom is -0.379 e. The minimum absolute atomic E-state index is 0.260. The van der Waals surface area contributed by atoms with Gasteiger partial charge in [-0.1, -0.05) is 34.5 Å². The molecule has 0 spiro atoms. The normalized spacial score (nSPS) is 26.6. The van der Waals surface area contributed by atoms with Gasteiger partial charge in [0.05, 0.1) is 13.2 Å². The molecule has 98 valence electrons. The molecular weight excluding hydrogens is 290 g/mol. The van der Waals surface area contributed by atoms with Crippen LogP contribution in [0, 0.1) is 0 Å². The van der Waals surface area contributed by atoms with Crippen molar-refractivity contribution in [1.82, 2.24) is 5.32 Å². The molecule has 1 atom stereocenters. The third-order valence-electron chi connectivity index (χ3n) is 4.26. The maximum Gasteiger partial charge on any atom is 0.0586 e. The number of ether oxygens (including phenoxy) is 1. The highest BCUT2D eigenvalue weighted by molar-refractivity contribution is 9.10. The molecule has 1 unspecified atom stereocenters. The van der Waals surface area contributed by atoms with Gasteiger partial charge in [0, 0.05) is 15.9 Å². The molecule has 2 aliphatic heterocycles. The third kappa shape index (κ3) is 2.49. The second kappa shape index (κ2) is 5.32. The molecular formula is C15H20BrNO. The van der Waals surface area contributed by atoms with E-state index in [9.17, 15) is 0 Å². The number of hydrogen-bond donors (Lipinski definition) is 1. The molecule has 2 fully saturated rings. The second-order valence-corrected chi connectivity index (χ2v) is 6.55. The van der Waals surface area contributed by atoms with Crippen molar-refractivity contribution in [3.8, 4) is 0 Å². The molecule has 18 heavy (non-hydrogen) atoms. The summed E-state index contributed by atoms with van der Waals surface area (Å²) in [7, 11) is 0. The molecule has 0 radical (unpaired) electrons. The van der Waals surface area contributed by atoms with Crippen LogP contribution in [0.4, 0.5) is 0 Å². The Balaban J connectivity index is 1.74. The van der Waals surface area contributed by atoms with Gasteiger partial charge in [-0.25, -0.2) is 0 Å². The molecule has 1 aromatic carbocycles. The van der Waals surface area contributed by atoms with Crippen molar-refractivity contribution in [1.29, 1.82) is 0 Å². The first-order valence-electron chi connectivity index (χ1n) is 6.86. The molecule has 1 N–H and O–H groups in total. The van der Waals surface area contributed by atoms with Crippen LogP contribution in [-0.4, -0.2) is 25.8 Å². The lowest BCUT2D eigenvalue weighted by atomic mass is 9.73. The van der Waals surface area contributed by atoms with Gasteiger partial charge in [-0.3, -0.25) is 0 Å². The van der Waals surface area contributed by atoms with E-state index >= 15 is 0 Å². The lowest BCUT2D eigenvalue weighted by Gasteiger charge is -2.45. The molecule has 0 aromatic heterocycles. The summed E-state index contributed by atoms with van der Waals surface area (Å²) in [6, 6.07) is 9.45. The molecule has 0 aliphatic carbocycles. The first kappa shape index (κ1) is 12.6. The molecule has 2 nitrogen and oxygen atoms in total. The zero-order chi connectivity index (χ0) is 12.4. The van der Waals surface area contributed by atoms with E-state index in [-0.39, 0.29) is 5.41 Å². The predicted molar refractivity (Wildman–Crippen MR) is 76.9 cm³/mol. The molecule has 0 amide bonds. The summed E-state index contributed by atoms with van der Waals surface area (Å²) < 4.78 is 6.68. The summed E-state index contributed by atoms with van der Waals surface area (Å²) in [5, 5.41) is 3.66. The van der Waals surface area contributed by atoms with Crippen molar-refractivity contribution >= 4 is 15.9 Å². The van der Waals surface area contributed by atoms with Crippen molar-refractivity contribution in [2.24, 2.45) is 0 Å². The van der Waals surface area contributed by atoms with E-state index in [1.54, 1.807) is 0 Å². The highest BCUT2D eigenvalue weighted by Crippen LogP contribution is 2.38. The van der Waals surface area contributed by atoms with Gasteiger partial charge in [0.25, 0.3) is 0 Å². The number of hydrogen-bond acceptors (Lipinski definition) is 2. The van der Waals surface area contributed by atoms with Crippen LogP contribution < -0.4 is 5.32 Å². The summed E-state index contributed by atoms with van der Waals surface area (Å²) in [4.78, 5) is 0. The lowest BCUT2D eigenvalue weighted by molar-refractivity contribution is -0.0696. The average Bonchev–Trinajstić information content (AvgIpc) is 2.36. The summed E-state index contributed by atoms with van der Waals surface area (Å²) in [6.07, 6.45) is 5.24. The van der Waals surface area contributed by atoms with Crippen LogP contribution in [0.25, 0.3) is 0 Å². The topological polar surface area (TPSA) is 21.3 Å². The molecule has 3 heteroatoms. The fraction of sp³-hybridized carbons (Fsp3) is 0.600. The zero-order valence-electron chi connectivity index (χ0n) is 10.6. The quantitative estimate of drug-likeness (QED) is 0.925. The summed E-state index contributed by atoms with van der Waals surface area (Å²) in [6.45, 7) is 2.95.